The first-order chi connectivity index (χ1) is 10.7. The minimum Gasteiger partial charge on any atom is -0.453 e. The highest BCUT2D eigenvalue weighted by Gasteiger charge is 2.25. The van der Waals surface area contributed by atoms with Crippen LogP contribution < -0.4 is 5.32 Å². The van der Waals surface area contributed by atoms with Crippen LogP contribution in [0.4, 0.5) is 10.5 Å². The standard InChI is InChI=1S/C14H15N5O3/c1-22-14(21)19-3-2-11-9(8-19)4-15-7-12(11)13(20)18-10-5-16-17-6-10/h4-7H,2-3,8H2,1H3,(H,16,17)(H,18,20). The van der Waals surface area contributed by atoms with E-state index in [1.807, 2.05) is 0 Å². The van der Waals surface area contributed by atoms with Gasteiger partial charge in [0.25, 0.3) is 5.91 Å². The summed E-state index contributed by atoms with van der Waals surface area (Å²) >= 11 is 0. The molecule has 0 atom stereocenters. The Hall–Kier alpha value is -2.90. The predicted molar refractivity (Wildman–Crippen MR) is 77.3 cm³/mol. The van der Waals surface area contributed by atoms with Gasteiger partial charge in [-0.05, 0) is 17.5 Å². The third kappa shape index (κ3) is 2.62. The fourth-order valence-electron chi connectivity index (χ4n) is 2.49. The second kappa shape index (κ2) is 5.84. The number of aromatic nitrogens is 3. The third-order valence-electron chi connectivity index (χ3n) is 3.57. The Morgan fingerprint density at radius 1 is 1.36 bits per heavy atom. The second-order valence-corrected chi connectivity index (χ2v) is 4.91. The van der Waals surface area contributed by atoms with E-state index in [1.165, 1.54) is 13.3 Å². The van der Waals surface area contributed by atoms with Crippen LogP contribution in [0, 0.1) is 0 Å². The lowest BCUT2D eigenvalue weighted by molar-refractivity contribution is 0.102. The van der Waals surface area contributed by atoms with Crippen LogP contribution in [0.2, 0.25) is 0 Å². The fourth-order valence-corrected chi connectivity index (χ4v) is 2.49. The highest BCUT2D eigenvalue weighted by molar-refractivity contribution is 6.05. The van der Waals surface area contributed by atoms with Gasteiger partial charge in [-0.25, -0.2) is 4.79 Å². The SMILES string of the molecule is COC(=O)N1CCc2c(cncc2C(=O)Nc2cn[nH]c2)C1. The van der Waals surface area contributed by atoms with Crippen LogP contribution in [-0.4, -0.2) is 45.7 Å². The summed E-state index contributed by atoms with van der Waals surface area (Å²) in [5.41, 5.74) is 2.88. The van der Waals surface area contributed by atoms with E-state index in [0.29, 0.717) is 30.8 Å². The number of nitrogens with zero attached hydrogens (tertiary/aromatic N) is 3. The number of hydrogen-bond acceptors (Lipinski definition) is 5. The molecule has 0 aromatic carbocycles. The van der Waals surface area contributed by atoms with Crippen molar-refractivity contribution in [1.82, 2.24) is 20.1 Å². The molecule has 0 saturated heterocycles. The molecule has 8 nitrogen and oxygen atoms in total. The van der Waals surface area contributed by atoms with Crippen molar-refractivity contribution in [2.24, 2.45) is 0 Å². The van der Waals surface area contributed by atoms with Gasteiger partial charge in [0.15, 0.2) is 0 Å². The first-order valence-corrected chi connectivity index (χ1v) is 6.78. The van der Waals surface area contributed by atoms with Crippen LogP contribution in [0.25, 0.3) is 0 Å². The van der Waals surface area contributed by atoms with E-state index in [1.54, 1.807) is 23.5 Å². The van der Waals surface area contributed by atoms with E-state index in [9.17, 15) is 9.59 Å². The lowest BCUT2D eigenvalue weighted by atomic mass is 9.97. The van der Waals surface area contributed by atoms with Crippen LogP contribution in [0.3, 0.4) is 0 Å². The van der Waals surface area contributed by atoms with Gasteiger partial charge in [0.2, 0.25) is 0 Å². The van der Waals surface area contributed by atoms with Gasteiger partial charge in [0, 0.05) is 25.1 Å². The van der Waals surface area contributed by atoms with Crippen molar-refractivity contribution in [3.05, 3.63) is 41.5 Å². The maximum atomic E-state index is 12.4. The van der Waals surface area contributed by atoms with Crippen LogP contribution >= 0.6 is 0 Å². The molecule has 2 aromatic rings. The molecule has 2 amide bonds. The lowest BCUT2D eigenvalue weighted by Crippen LogP contribution is -2.36. The third-order valence-corrected chi connectivity index (χ3v) is 3.57. The first kappa shape index (κ1) is 14.1. The maximum absolute atomic E-state index is 12.4. The molecular formula is C14H15N5O3. The van der Waals surface area contributed by atoms with Crippen LogP contribution in [0.15, 0.2) is 24.8 Å². The summed E-state index contributed by atoms with van der Waals surface area (Å²) in [5, 5.41) is 9.17. The molecule has 0 aliphatic carbocycles. The van der Waals surface area contributed by atoms with Crippen molar-refractivity contribution in [2.75, 3.05) is 19.0 Å². The zero-order valence-corrected chi connectivity index (χ0v) is 12.0. The van der Waals surface area contributed by atoms with Gasteiger partial charge >= 0.3 is 6.09 Å². The molecule has 2 N–H and O–H groups in total. The van der Waals surface area contributed by atoms with E-state index in [0.717, 1.165) is 11.1 Å². The number of ether oxygens (including phenoxy) is 1. The highest BCUT2D eigenvalue weighted by Crippen LogP contribution is 2.22. The van der Waals surface area contributed by atoms with E-state index < -0.39 is 0 Å². The quantitative estimate of drug-likeness (QED) is 0.867. The predicted octanol–water partition coefficient (Wildman–Crippen LogP) is 1.18. The first-order valence-electron chi connectivity index (χ1n) is 6.78. The summed E-state index contributed by atoms with van der Waals surface area (Å²) in [6.07, 6.45) is 6.56. The number of nitrogens with one attached hydrogen (secondary N) is 2. The monoisotopic (exact) mass is 301 g/mol. The normalized spacial score (nSPS) is 13.4. The highest BCUT2D eigenvalue weighted by atomic mass is 16.5. The Balaban J connectivity index is 1.83. The molecular weight excluding hydrogens is 286 g/mol. The average molecular weight is 301 g/mol. The van der Waals surface area contributed by atoms with Crippen LogP contribution in [-0.2, 0) is 17.7 Å². The number of carbonyl (C=O) groups excluding carboxylic acids is 2. The Morgan fingerprint density at radius 2 is 2.23 bits per heavy atom. The Morgan fingerprint density at radius 3 is 2.95 bits per heavy atom. The van der Waals surface area contributed by atoms with E-state index in [4.69, 9.17) is 4.74 Å². The smallest absolute Gasteiger partial charge is 0.409 e. The van der Waals surface area contributed by atoms with Crippen LogP contribution in [0.1, 0.15) is 21.5 Å². The van der Waals surface area contributed by atoms with Gasteiger partial charge in [0.05, 0.1) is 31.1 Å². The fraction of sp³-hybridized carbons (Fsp3) is 0.286. The summed E-state index contributed by atoms with van der Waals surface area (Å²) < 4.78 is 4.73. The number of aromatic amines is 1. The minimum absolute atomic E-state index is 0.239. The molecule has 1 aliphatic rings. The van der Waals surface area contributed by atoms with Crippen molar-refractivity contribution in [3.63, 3.8) is 0 Å². The van der Waals surface area contributed by atoms with Gasteiger partial charge < -0.3 is 15.0 Å². The number of amides is 2. The minimum atomic E-state index is -0.376. The number of carbonyl (C=O) groups is 2. The maximum Gasteiger partial charge on any atom is 0.409 e. The number of pyridine rings is 1. The van der Waals surface area contributed by atoms with Crippen LogP contribution in [0.5, 0.6) is 0 Å². The molecule has 0 spiro atoms. The molecule has 1 aliphatic heterocycles. The van der Waals surface area contributed by atoms with Gasteiger partial charge in [-0.2, -0.15) is 5.10 Å². The second-order valence-electron chi connectivity index (χ2n) is 4.91. The Bertz CT molecular complexity index is 699. The largest absolute Gasteiger partial charge is 0.453 e. The van der Waals surface area contributed by atoms with E-state index in [-0.39, 0.29) is 12.0 Å². The molecule has 3 rings (SSSR count). The summed E-state index contributed by atoms with van der Waals surface area (Å²) in [6.45, 7) is 0.900. The summed E-state index contributed by atoms with van der Waals surface area (Å²) in [6, 6.07) is 0. The molecule has 0 unspecified atom stereocenters. The van der Waals surface area contributed by atoms with Crippen molar-refractivity contribution < 1.29 is 14.3 Å². The summed E-state index contributed by atoms with van der Waals surface area (Å²) in [5.74, 6) is -0.239. The molecule has 2 aromatic heterocycles. The molecule has 0 saturated carbocycles. The number of H-pyrrole nitrogens is 1. The van der Waals surface area contributed by atoms with Crippen molar-refractivity contribution in [1.29, 1.82) is 0 Å². The van der Waals surface area contributed by atoms with Gasteiger partial charge in [-0.1, -0.05) is 0 Å². The molecule has 114 valence electrons. The molecule has 0 radical (unpaired) electrons. The zero-order chi connectivity index (χ0) is 15.5. The summed E-state index contributed by atoms with van der Waals surface area (Å²) in [4.78, 5) is 29.6. The van der Waals surface area contributed by atoms with Gasteiger partial charge in [0.1, 0.15) is 0 Å². The molecule has 22 heavy (non-hydrogen) atoms. The average Bonchev–Trinajstić information content (AvgIpc) is 3.05. The van der Waals surface area contributed by atoms with Crippen molar-refractivity contribution in [3.8, 4) is 0 Å². The Labute approximate surface area is 126 Å². The van der Waals surface area contributed by atoms with Gasteiger partial charge in [-0.3, -0.25) is 14.9 Å². The number of anilines is 1. The van der Waals surface area contributed by atoms with Crippen molar-refractivity contribution in [2.45, 2.75) is 13.0 Å². The molecule has 0 bridgehead atoms. The molecule has 8 heteroatoms. The van der Waals surface area contributed by atoms with Gasteiger partial charge in [-0.15, -0.1) is 0 Å². The number of rotatable bonds is 2. The van der Waals surface area contributed by atoms with Crippen molar-refractivity contribution >= 4 is 17.7 Å². The lowest BCUT2D eigenvalue weighted by Gasteiger charge is -2.28. The molecule has 0 fully saturated rings. The Kier molecular flexibility index (Phi) is 3.73. The number of methoxy groups -OCH3 is 1. The molecule has 3 heterocycles. The number of hydrogen-bond donors (Lipinski definition) is 2. The topological polar surface area (TPSA) is 100 Å². The number of fused-ring (bicyclic) bond motifs is 1. The summed E-state index contributed by atoms with van der Waals surface area (Å²) in [7, 11) is 1.35. The zero-order valence-electron chi connectivity index (χ0n) is 12.0. The van der Waals surface area contributed by atoms with E-state index in [2.05, 4.69) is 20.5 Å². The van der Waals surface area contributed by atoms with E-state index >= 15 is 0 Å².